The number of aldehydes is 1. The van der Waals surface area contributed by atoms with Crippen LogP contribution >= 0.6 is 28.3 Å². The van der Waals surface area contributed by atoms with Gasteiger partial charge in [0.15, 0.2) is 12.6 Å². The van der Waals surface area contributed by atoms with Crippen LogP contribution in [0.15, 0.2) is 0 Å². The maximum Gasteiger partial charge on any atom is 0.166 e. The highest BCUT2D eigenvalue weighted by Crippen LogP contribution is 1.94. The molecule has 0 amide bonds. The molecule has 0 saturated heterocycles. The van der Waals surface area contributed by atoms with E-state index in [0.29, 0.717) is 6.42 Å². The third-order valence-corrected chi connectivity index (χ3v) is 2.21. The molecule has 0 N–H and O–H groups in total. The van der Waals surface area contributed by atoms with Crippen LogP contribution in [0, 0.1) is 0 Å². The maximum absolute atomic E-state index is 9.17. The molecule has 0 heterocycles. The number of carbonyl (C=O) groups is 1. The number of carbonyl (C=O) groups excluding carboxylic acids is 1. The molecule has 0 aliphatic rings. The van der Waals surface area contributed by atoms with Gasteiger partial charge in [0.25, 0.3) is 0 Å². The largest absolute Gasteiger partial charge is 0.356 e. The van der Waals surface area contributed by atoms with E-state index in [-0.39, 0.29) is 32.4 Å². The summed E-state index contributed by atoms with van der Waals surface area (Å²) in [6.07, 6.45) is 2.31. The zero-order valence-electron chi connectivity index (χ0n) is 12.7. The lowest BCUT2D eigenvalue weighted by Gasteiger charge is -2.08. The molecule has 0 saturated carbocycles. The summed E-state index contributed by atoms with van der Waals surface area (Å²) in [5.41, 5.74) is 0. The van der Waals surface area contributed by atoms with Gasteiger partial charge >= 0.3 is 0 Å². The lowest BCUT2D eigenvalue weighted by molar-refractivity contribution is -0.107. The van der Waals surface area contributed by atoms with Gasteiger partial charge in [-0.3, -0.25) is 0 Å². The minimum absolute atomic E-state index is 0. The second-order valence-electron chi connectivity index (χ2n) is 2.94. The molecule has 0 atom stereocenters. The topological polar surface area (TPSA) is 54.0 Å². The van der Waals surface area contributed by atoms with Crippen molar-refractivity contribution in [2.75, 3.05) is 33.8 Å². The molecule has 0 spiro atoms. The van der Waals surface area contributed by atoms with Crippen molar-refractivity contribution in [2.45, 2.75) is 46.7 Å². The normalized spacial score (nSPS) is 8.45. The van der Waals surface area contributed by atoms with Crippen LogP contribution < -0.4 is 0 Å². The molecule has 0 aliphatic heterocycles. The third kappa shape index (κ3) is 31.0. The monoisotopic (exact) mass is 382 g/mol. The second-order valence-corrected chi connectivity index (χ2v) is 3.59. The Hall–Kier alpha value is 0.280. The van der Waals surface area contributed by atoms with Crippen LogP contribution in [-0.4, -0.2) is 52.6 Å². The highest BCUT2D eigenvalue weighted by Gasteiger charge is 1.98. The smallest absolute Gasteiger partial charge is 0.166 e. The fourth-order valence-corrected chi connectivity index (χ4v) is 1.18. The summed E-state index contributed by atoms with van der Waals surface area (Å²) in [6.45, 7) is 3.82. The fourth-order valence-electron chi connectivity index (χ4n) is 0.652. The Labute approximate surface area is 139 Å². The predicted octanol–water partition coefficient (Wildman–Crippen LogP) is 3.67. The van der Waals surface area contributed by atoms with Gasteiger partial charge in [-0.15, -0.1) is 12.4 Å². The average molecular weight is 384 g/mol. The van der Waals surface area contributed by atoms with E-state index in [1.807, 2.05) is 13.8 Å². The summed E-state index contributed by atoms with van der Waals surface area (Å²) in [4.78, 5) is 9.17. The number of ether oxygens (including phenoxy) is 4. The molecule has 0 aromatic carbocycles. The van der Waals surface area contributed by atoms with Gasteiger partial charge in [-0.25, -0.2) is 0 Å². The summed E-state index contributed by atoms with van der Waals surface area (Å²) in [7, 11) is 6.49. The van der Waals surface area contributed by atoms with E-state index in [4.69, 9.17) is 18.9 Å². The van der Waals surface area contributed by atoms with Crippen molar-refractivity contribution in [3.05, 3.63) is 0 Å². The Morgan fingerprint density at radius 3 is 1.25 bits per heavy atom. The van der Waals surface area contributed by atoms with E-state index in [1.165, 1.54) is 0 Å². The molecular weight excluding hydrogens is 351 g/mol. The van der Waals surface area contributed by atoms with Crippen LogP contribution in [0.4, 0.5) is 0 Å². The van der Waals surface area contributed by atoms with E-state index in [1.54, 1.807) is 28.4 Å². The first-order valence-corrected chi connectivity index (χ1v) is 6.84. The molecule has 0 radical (unpaired) electrons. The first-order valence-electron chi connectivity index (χ1n) is 5.72. The Kier molecular flexibility index (Phi) is 51.0. The number of rotatable bonds is 7. The molecular formula is C13H32BrClO5. The molecule has 0 rings (SSSR count). The molecule has 0 bridgehead atoms. The Morgan fingerprint density at radius 2 is 1.25 bits per heavy atom. The molecule has 0 aromatic rings. The van der Waals surface area contributed by atoms with E-state index in [0.717, 1.165) is 18.0 Å². The van der Waals surface area contributed by atoms with Gasteiger partial charge in [0.1, 0.15) is 6.29 Å². The van der Waals surface area contributed by atoms with Crippen molar-refractivity contribution in [1.29, 1.82) is 0 Å². The highest BCUT2D eigenvalue weighted by molar-refractivity contribution is 9.09. The number of hydrogen-bond donors (Lipinski definition) is 0. The van der Waals surface area contributed by atoms with E-state index in [2.05, 4.69) is 15.9 Å². The summed E-state index contributed by atoms with van der Waals surface area (Å²) in [5, 5.41) is 0.722. The van der Waals surface area contributed by atoms with Crippen molar-refractivity contribution in [1.82, 2.24) is 0 Å². The number of hydrogen-bond acceptors (Lipinski definition) is 5. The summed E-state index contributed by atoms with van der Waals surface area (Å²) >= 11 is 3.19. The minimum Gasteiger partial charge on any atom is -0.356 e. The summed E-state index contributed by atoms with van der Waals surface area (Å²) in [5.74, 6) is 0. The van der Waals surface area contributed by atoms with Crippen molar-refractivity contribution < 1.29 is 23.7 Å². The average Bonchev–Trinajstić information content (AvgIpc) is 2.44. The van der Waals surface area contributed by atoms with Crippen molar-refractivity contribution in [3.63, 3.8) is 0 Å². The summed E-state index contributed by atoms with van der Waals surface area (Å²) in [6, 6.07) is 0. The van der Waals surface area contributed by atoms with Gasteiger partial charge in [0.2, 0.25) is 0 Å². The number of methoxy groups -OCH3 is 4. The van der Waals surface area contributed by atoms with E-state index < -0.39 is 0 Å². The number of halogens is 2. The van der Waals surface area contributed by atoms with Crippen molar-refractivity contribution >= 4 is 34.6 Å². The minimum atomic E-state index is -0.0972. The van der Waals surface area contributed by atoms with Crippen molar-refractivity contribution in [2.24, 2.45) is 0 Å². The lowest BCUT2D eigenvalue weighted by Crippen LogP contribution is -2.13. The van der Waals surface area contributed by atoms with Crippen LogP contribution in [0.25, 0.3) is 0 Å². The highest BCUT2D eigenvalue weighted by atomic mass is 79.9. The molecule has 0 aromatic heterocycles. The molecule has 5 nitrogen and oxygen atoms in total. The molecule has 128 valence electrons. The molecule has 0 unspecified atom stereocenters. The standard InChI is InChI=1S/C5H12O2.C4H9BrO2.C3H6O.CH4.ClH/c1-4-5(6-2)7-3;1-6-4(3-5)7-2;1-2-3-4;;/h5H,4H2,1-3H3;4H,3H2,1-2H3;3H,2H2,1H3;1H4;1H. The van der Waals surface area contributed by atoms with Gasteiger partial charge in [-0.1, -0.05) is 37.2 Å². The Bertz CT molecular complexity index is 122. The van der Waals surface area contributed by atoms with Crippen molar-refractivity contribution in [3.8, 4) is 0 Å². The molecule has 0 fully saturated rings. The van der Waals surface area contributed by atoms with Crippen LogP contribution in [-0.2, 0) is 23.7 Å². The quantitative estimate of drug-likeness (QED) is 0.381. The van der Waals surface area contributed by atoms with Crippen LogP contribution in [0.5, 0.6) is 0 Å². The van der Waals surface area contributed by atoms with E-state index >= 15 is 0 Å². The molecule has 20 heavy (non-hydrogen) atoms. The van der Waals surface area contributed by atoms with Gasteiger partial charge in [-0.2, -0.15) is 0 Å². The van der Waals surface area contributed by atoms with E-state index in [9.17, 15) is 4.79 Å². The fraction of sp³-hybridized carbons (Fsp3) is 0.923. The zero-order chi connectivity index (χ0) is 14.8. The predicted molar refractivity (Wildman–Crippen MR) is 90.0 cm³/mol. The Morgan fingerprint density at radius 1 is 0.950 bits per heavy atom. The van der Waals surface area contributed by atoms with Crippen LogP contribution in [0.3, 0.4) is 0 Å². The van der Waals surface area contributed by atoms with Gasteiger partial charge in [0.05, 0.1) is 5.33 Å². The molecule has 0 aliphatic carbocycles. The number of alkyl halides is 1. The first-order chi connectivity index (χ1) is 8.61. The SMILES string of the molecule is C.CCC(OC)OC.CCC=O.COC(CBr)OC.Cl. The lowest BCUT2D eigenvalue weighted by atomic mass is 10.5. The van der Waals surface area contributed by atoms with Crippen LogP contribution in [0.1, 0.15) is 34.1 Å². The Balaban J connectivity index is -0.0000000555. The van der Waals surface area contributed by atoms with Gasteiger partial charge in [0, 0.05) is 34.9 Å². The van der Waals surface area contributed by atoms with Gasteiger partial charge < -0.3 is 23.7 Å². The second kappa shape index (κ2) is 31.6. The van der Waals surface area contributed by atoms with Crippen LogP contribution in [0.2, 0.25) is 0 Å². The maximum atomic E-state index is 9.17. The molecule has 7 heteroatoms. The van der Waals surface area contributed by atoms with Gasteiger partial charge in [-0.05, 0) is 6.42 Å². The third-order valence-electron chi connectivity index (χ3n) is 1.68. The summed E-state index contributed by atoms with van der Waals surface area (Å²) < 4.78 is 19.2. The first kappa shape index (κ1) is 32.3. The zero-order valence-corrected chi connectivity index (χ0v) is 15.1.